The lowest BCUT2D eigenvalue weighted by atomic mass is 9.91. The van der Waals surface area contributed by atoms with Crippen LogP contribution in [0.2, 0.25) is 0 Å². The zero-order valence-electron chi connectivity index (χ0n) is 9.70. The fourth-order valence-corrected chi connectivity index (χ4v) is 2.56. The number of nitrogens with zero attached hydrogens (tertiary/aromatic N) is 1. The molecular weight excluding hydrogens is 285 g/mol. The van der Waals surface area contributed by atoms with E-state index in [1.807, 2.05) is 6.07 Å². The van der Waals surface area contributed by atoms with Crippen molar-refractivity contribution in [3.05, 3.63) is 34.1 Å². The number of hydrogen-bond acceptors (Lipinski definition) is 2. The van der Waals surface area contributed by atoms with Crippen LogP contribution < -0.4 is 0 Å². The van der Waals surface area contributed by atoms with Gasteiger partial charge in [0.05, 0.1) is 6.61 Å². The Morgan fingerprint density at radius 2 is 2.18 bits per heavy atom. The molecular formula is C13H17BrFNO. The highest BCUT2D eigenvalue weighted by atomic mass is 79.9. The molecule has 0 amide bonds. The van der Waals surface area contributed by atoms with Crippen LogP contribution in [-0.4, -0.2) is 29.2 Å². The molecule has 4 heteroatoms. The molecule has 0 radical (unpaired) electrons. The SMILES string of the molecule is OCCN(Cc1cc(Br)ccc1F)C1CCC1. The van der Waals surface area contributed by atoms with Gasteiger partial charge in [0.25, 0.3) is 0 Å². The van der Waals surface area contributed by atoms with E-state index in [1.54, 1.807) is 6.07 Å². The second-order valence-electron chi connectivity index (χ2n) is 4.51. The molecule has 1 aromatic rings. The molecule has 0 aliphatic heterocycles. The van der Waals surface area contributed by atoms with Gasteiger partial charge >= 0.3 is 0 Å². The fourth-order valence-electron chi connectivity index (χ4n) is 2.15. The van der Waals surface area contributed by atoms with Crippen LogP contribution in [0.25, 0.3) is 0 Å². The van der Waals surface area contributed by atoms with Crippen molar-refractivity contribution in [2.45, 2.75) is 31.8 Å². The molecule has 1 N–H and O–H groups in total. The van der Waals surface area contributed by atoms with Crippen LogP contribution in [-0.2, 0) is 6.54 Å². The lowest BCUT2D eigenvalue weighted by Crippen LogP contribution is -2.41. The molecule has 0 aromatic heterocycles. The highest BCUT2D eigenvalue weighted by Crippen LogP contribution is 2.27. The van der Waals surface area contributed by atoms with E-state index in [0.717, 1.165) is 17.3 Å². The number of aliphatic hydroxyl groups excluding tert-OH is 1. The summed E-state index contributed by atoms with van der Waals surface area (Å²) in [4.78, 5) is 2.17. The lowest BCUT2D eigenvalue weighted by molar-refractivity contribution is 0.0934. The molecule has 1 aromatic carbocycles. The summed E-state index contributed by atoms with van der Waals surface area (Å²) < 4.78 is 14.5. The Hall–Kier alpha value is -0.450. The summed E-state index contributed by atoms with van der Waals surface area (Å²) in [7, 11) is 0. The van der Waals surface area contributed by atoms with Crippen molar-refractivity contribution in [3.8, 4) is 0 Å². The van der Waals surface area contributed by atoms with Crippen LogP contribution in [0.4, 0.5) is 4.39 Å². The maximum atomic E-state index is 13.6. The maximum Gasteiger partial charge on any atom is 0.127 e. The molecule has 1 aliphatic rings. The van der Waals surface area contributed by atoms with Gasteiger partial charge in [0, 0.05) is 29.2 Å². The maximum absolute atomic E-state index is 13.6. The standard InChI is InChI=1S/C13H17BrFNO/c14-11-4-5-13(15)10(8-11)9-16(6-7-17)12-2-1-3-12/h4-5,8,12,17H,1-3,6-7,9H2. The molecule has 0 bridgehead atoms. The average molecular weight is 302 g/mol. The molecule has 0 unspecified atom stereocenters. The number of benzene rings is 1. The van der Waals surface area contributed by atoms with Crippen molar-refractivity contribution in [2.24, 2.45) is 0 Å². The summed E-state index contributed by atoms with van der Waals surface area (Å²) in [5, 5.41) is 9.06. The van der Waals surface area contributed by atoms with Gasteiger partial charge in [-0.05, 0) is 31.0 Å². The quantitative estimate of drug-likeness (QED) is 0.904. The molecule has 1 aliphatic carbocycles. The second kappa shape index (κ2) is 5.94. The number of rotatable bonds is 5. The summed E-state index contributed by atoms with van der Waals surface area (Å²) in [6, 6.07) is 5.52. The summed E-state index contributed by atoms with van der Waals surface area (Å²) in [6.07, 6.45) is 3.57. The molecule has 17 heavy (non-hydrogen) atoms. The predicted octanol–water partition coefficient (Wildman–Crippen LogP) is 2.94. The van der Waals surface area contributed by atoms with E-state index in [0.29, 0.717) is 24.7 Å². The Kier molecular flexibility index (Phi) is 4.54. The molecule has 0 saturated heterocycles. The van der Waals surface area contributed by atoms with Crippen molar-refractivity contribution in [1.29, 1.82) is 0 Å². The molecule has 2 nitrogen and oxygen atoms in total. The van der Waals surface area contributed by atoms with Gasteiger partial charge in [0.2, 0.25) is 0 Å². The van der Waals surface area contributed by atoms with E-state index in [1.165, 1.54) is 12.5 Å². The minimum absolute atomic E-state index is 0.131. The van der Waals surface area contributed by atoms with E-state index in [4.69, 9.17) is 5.11 Å². The van der Waals surface area contributed by atoms with Gasteiger partial charge in [0.15, 0.2) is 0 Å². The Morgan fingerprint density at radius 1 is 1.41 bits per heavy atom. The highest BCUT2D eigenvalue weighted by Gasteiger charge is 2.25. The Labute approximate surface area is 110 Å². The first kappa shape index (κ1) is 13.0. The number of aliphatic hydroxyl groups is 1. The second-order valence-corrected chi connectivity index (χ2v) is 5.43. The smallest absolute Gasteiger partial charge is 0.127 e. The number of hydrogen-bond donors (Lipinski definition) is 1. The number of halogens is 2. The monoisotopic (exact) mass is 301 g/mol. The third kappa shape index (κ3) is 3.27. The molecule has 94 valence electrons. The zero-order valence-corrected chi connectivity index (χ0v) is 11.3. The van der Waals surface area contributed by atoms with E-state index in [9.17, 15) is 4.39 Å². The van der Waals surface area contributed by atoms with Crippen molar-refractivity contribution < 1.29 is 9.50 Å². The minimum atomic E-state index is -0.171. The minimum Gasteiger partial charge on any atom is -0.395 e. The van der Waals surface area contributed by atoms with Crippen molar-refractivity contribution in [3.63, 3.8) is 0 Å². The first-order valence-corrected chi connectivity index (χ1v) is 6.79. The van der Waals surface area contributed by atoms with Crippen LogP contribution in [0.15, 0.2) is 22.7 Å². The summed E-state index contributed by atoms with van der Waals surface area (Å²) in [5.74, 6) is -0.171. The summed E-state index contributed by atoms with van der Waals surface area (Å²) in [6.45, 7) is 1.33. The Balaban J connectivity index is 2.07. The fraction of sp³-hybridized carbons (Fsp3) is 0.538. The van der Waals surface area contributed by atoms with Gasteiger partial charge in [0.1, 0.15) is 5.82 Å². The van der Waals surface area contributed by atoms with Gasteiger partial charge in [-0.15, -0.1) is 0 Å². The normalized spacial score (nSPS) is 16.2. The first-order valence-electron chi connectivity index (χ1n) is 5.99. The van der Waals surface area contributed by atoms with Crippen LogP contribution >= 0.6 is 15.9 Å². The molecule has 1 saturated carbocycles. The van der Waals surface area contributed by atoms with Crippen LogP contribution in [0.5, 0.6) is 0 Å². The van der Waals surface area contributed by atoms with Gasteiger partial charge < -0.3 is 5.11 Å². The van der Waals surface area contributed by atoms with Crippen molar-refractivity contribution in [1.82, 2.24) is 4.90 Å². The average Bonchev–Trinajstić information content (AvgIpc) is 2.21. The van der Waals surface area contributed by atoms with Crippen LogP contribution in [0.1, 0.15) is 24.8 Å². The highest BCUT2D eigenvalue weighted by molar-refractivity contribution is 9.10. The van der Waals surface area contributed by atoms with Gasteiger partial charge in [-0.1, -0.05) is 22.4 Å². The third-order valence-electron chi connectivity index (χ3n) is 3.36. The van der Waals surface area contributed by atoms with Gasteiger partial charge in [-0.25, -0.2) is 4.39 Å². The Bertz CT molecular complexity index is 382. The Morgan fingerprint density at radius 3 is 2.76 bits per heavy atom. The van der Waals surface area contributed by atoms with Gasteiger partial charge in [-0.3, -0.25) is 4.90 Å². The van der Waals surface area contributed by atoms with Crippen LogP contribution in [0.3, 0.4) is 0 Å². The van der Waals surface area contributed by atoms with Crippen molar-refractivity contribution in [2.75, 3.05) is 13.2 Å². The van der Waals surface area contributed by atoms with E-state index < -0.39 is 0 Å². The third-order valence-corrected chi connectivity index (χ3v) is 3.85. The molecule has 1 fully saturated rings. The van der Waals surface area contributed by atoms with Crippen LogP contribution in [0, 0.1) is 5.82 Å². The van der Waals surface area contributed by atoms with E-state index in [2.05, 4.69) is 20.8 Å². The first-order chi connectivity index (χ1) is 8.20. The molecule has 0 spiro atoms. The topological polar surface area (TPSA) is 23.5 Å². The summed E-state index contributed by atoms with van der Waals surface area (Å²) in [5.41, 5.74) is 0.694. The molecule has 0 atom stereocenters. The van der Waals surface area contributed by atoms with Gasteiger partial charge in [-0.2, -0.15) is 0 Å². The molecule has 0 heterocycles. The predicted molar refractivity (Wildman–Crippen MR) is 69.2 cm³/mol. The summed E-state index contributed by atoms with van der Waals surface area (Å²) >= 11 is 3.36. The van der Waals surface area contributed by atoms with E-state index >= 15 is 0 Å². The van der Waals surface area contributed by atoms with Crippen molar-refractivity contribution >= 4 is 15.9 Å². The van der Waals surface area contributed by atoms with E-state index in [-0.39, 0.29) is 12.4 Å². The zero-order chi connectivity index (χ0) is 12.3. The lowest BCUT2D eigenvalue weighted by Gasteiger charge is -2.37. The molecule has 2 rings (SSSR count). The largest absolute Gasteiger partial charge is 0.395 e.